The van der Waals surface area contributed by atoms with E-state index in [0.29, 0.717) is 23.0 Å². The molecule has 0 aliphatic carbocycles. The minimum Gasteiger partial charge on any atom is -0.340 e. The molecular weight excluding hydrogens is 366 g/mol. The van der Waals surface area contributed by atoms with Crippen molar-refractivity contribution in [1.29, 1.82) is 0 Å². The number of anilines is 4. The molecule has 0 aliphatic rings. The summed E-state index contributed by atoms with van der Waals surface area (Å²) in [6.45, 7) is 7.26. The Balaban J connectivity index is 1.77. The predicted molar refractivity (Wildman–Crippen MR) is 115 cm³/mol. The third-order valence-electron chi connectivity index (χ3n) is 4.40. The zero-order chi connectivity index (χ0) is 21.0. The molecule has 148 valence electrons. The number of hydrogen-bond donors (Lipinski definition) is 3. The topological polar surface area (TPSA) is 96.0 Å². The van der Waals surface area contributed by atoms with Crippen LogP contribution in [-0.4, -0.2) is 21.8 Å². The molecule has 0 unspecified atom stereocenters. The van der Waals surface area contributed by atoms with Crippen LogP contribution in [0.3, 0.4) is 0 Å². The van der Waals surface area contributed by atoms with E-state index in [1.807, 2.05) is 32.0 Å². The molecule has 0 bridgehead atoms. The van der Waals surface area contributed by atoms with Crippen molar-refractivity contribution < 1.29 is 9.59 Å². The van der Waals surface area contributed by atoms with Crippen molar-refractivity contribution in [3.05, 3.63) is 71.2 Å². The SMILES string of the molecule is CC(=O)Nc1ccc(NC(=O)c2cc(Nc3cccc(C)c3C)nc(C)n2)cc1. The van der Waals surface area contributed by atoms with Gasteiger partial charge < -0.3 is 16.0 Å². The van der Waals surface area contributed by atoms with Crippen molar-refractivity contribution in [2.75, 3.05) is 16.0 Å². The second-order valence-electron chi connectivity index (χ2n) is 6.77. The minimum absolute atomic E-state index is 0.151. The Labute approximate surface area is 169 Å². The van der Waals surface area contributed by atoms with E-state index in [4.69, 9.17) is 0 Å². The molecule has 7 nitrogen and oxygen atoms in total. The van der Waals surface area contributed by atoms with Gasteiger partial charge in [0.25, 0.3) is 5.91 Å². The molecule has 0 aliphatic heterocycles. The van der Waals surface area contributed by atoms with Crippen LogP contribution in [0, 0.1) is 20.8 Å². The van der Waals surface area contributed by atoms with E-state index in [0.717, 1.165) is 11.3 Å². The van der Waals surface area contributed by atoms with Gasteiger partial charge in [0.2, 0.25) is 5.91 Å². The highest BCUT2D eigenvalue weighted by molar-refractivity contribution is 6.03. The van der Waals surface area contributed by atoms with Crippen LogP contribution in [0.2, 0.25) is 0 Å². The second-order valence-corrected chi connectivity index (χ2v) is 6.77. The molecule has 7 heteroatoms. The van der Waals surface area contributed by atoms with Gasteiger partial charge in [0.15, 0.2) is 0 Å². The van der Waals surface area contributed by atoms with Crippen LogP contribution >= 0.6 is 0 Å². The van der Waals surface area contributed by atoms with Gasteiger partial charge in [-0.2, -0.15) is 0 Å². The quantitative estimate of drug-likeness (QED) is 0.603. The number of nitrogens with one attached hydrogen (secondary N) is 3. The summed E-state index contributed by atoms with van der Waals surface area (Å²) in [4.78, 5) is 32.4. The van der Waals surface area contributed by atoms with Crippen molar-refractivity contribution in [3.63, 3.8) is 0 Å². The van der Waals surface area contributed by atoms with E-state index in [2.05, 4.69) is 25.9 Å². The fourth-order valence-electron chi connectivity index (χ4n) is 2.81. The van der Waals surface area contributed by atoms with E-state index in [1.54, 1.807) is 37.3 Å². The lowest BCUT2D eigenvalue weighted by atomic mass is 10.1. The molecule has 3 rings (SSSR count). The smallest absolute Gasteiger partial charge is 0.274 e. The maximum atomic E-state index is 12.7. The van der Waals surface area contributed by atoms with E-state index >= 15 is 0 Å². The second kappa shape index (κ2) is 8.52. The Morgan fingerprint density at radius 3 is 2.17 bits per heavy atom. The third kappa shape index (κ3) is 5.16. The van der Waals surface area contributed by atoms with Gasteiger partial charge in [-0.05, 0) is 62.2 Å². The number of amides is 2. The highest BCUT2D eigenvalue weighted by Crippen LogP contribution is 2.22. The van der Waals surface area contributed by atoms with Gasteiger partial charge in [-0.3, -0.25) is 9.59 Å². The molecule has 29 heavy (non-hydrogen) atoms. The molecule has 0 radical (unpaired) electrons. The summed E-state index contributed by atoms with van der Waals surface area (Å²) < 4.78 is 0. The van der Waals surface area contributed by atoms with Gasteiger partial charge in [0.05, 0.1) is 0 Å². The molecular formula is C22H23N5O2. The van der Waals surface area contributed by atoms with Crippen molar-refractivity contribution in [2.45, 2.75) is 27.7 Å². The lowest BCUT2D eigenvalue weighted by Crippen LogP contribution is -2.15. The van der Waals surface area contributed by atoms with Gasteiger partial charge >= 0.3 is 0 Å². The van der Waals surface area contributed by atoms with E-state index in [9.17, 15) is 9.59 Å². The number of aryl methyl sites for hydroxylation is 2. The molecule has 1 aromatic heterocycles. The molecule has 1 heterocycles. The molecule has 0 spiro atoms. The number of aromatic nitrogens is 2. The first-order chi connectivity index (χ1) is 13.8. The van der Waals surface area contributed by atoms with Crippen molar-refractivity contribution in [1.82, 2.24) is 9.97 Å². The molecule has 0 saturated heterocycles. The van der Waals surface area contributed by atoms with Gasteiger partial charge in [-0.25, -0.2) is 9.97 Å². The summed E-state index contributed by atoms with van der Waals surface area (Å²) in [6.07, 6.45) is 0. The number of benzene rings is 2. The Kier molecular flexibility index (Phi) is 5.87. The first-order valence-electron chi connectivity index (χ1n) is 9.20. The molecule has 0 fully saturated rings. The lowest BCUT2D eigenvalue weighted by molar-refractivity contribution is -0.114. The zero-order valence-corrected chi connectivity index (χ0v) is 16.8. The first kappa shape index (κ1) is 20.0. The van der Waals surface area contributed by atoms with Crippen LogP contribution in [-0.2, 0) is 4.79 Å². The Bertz CT molecular complexity index is 1060. The maximum absolute atomic E-state index is 12.7. The highest BCUT2D eigenvalue weighted by atomic mass is 16.2. The fourth-order valence-corrected chi connectivity index (χ4v) is 2.81. The number of hydrogen-bond acceptors (Lipinski definition) is 5. The Morgan fingerprint density at radius 2 is 1.52 bits per heavy atom. The molecule has 0 atom stereocenters. The van der Waals surface area contributed by atoms with Gasteiger partial charge in [-0.15, -0.1) is 0 Å². The zero-order valence-electron chi connectivity index (χ0n) is 16.8. The fraction of sp³-hybridized carbons (Fsp3) is 0.182. The van der Waals surface area contributed by atoms with Crippen molar-refractivity contribution in [3.8, 4) is 0 Å². The molecule has 3 aromatic rings. The van der Waals surface area contributed by atoms with Crippen LogP contribution in [0.1, 0.15) is 34.4 Å². The van der Waals surface area contributed by atoms with Gasteiger partial charge in [0, 0.05) is 30.1 Å². The number of rotatable bonds is 5. The van der Waals surface area contributed by atoms with E-state index in [1.165, 1.54) is 12.5 Å². The summed E-state index contributed by atoms with van der Waals surface area (Å²) in [6, 6.07) is 14.5. The van der Waals surface area contributed by atoms with Crippen LogP contribution in [0.4, 0.5) is 22.9 Å². The summed E-state index contributed by atoms with van der Waals surface area (Å²) in [5.74, 6) is 0.553. The number of nitrogens with zero attached hydrogens (tertiary/aromatic N) is 2. The van der Waals surface area contributed by atoms with Crippen LogP contribution in [0.5, 0.6) is 0 Å². The summed E-state index contributed by atoms with van der Waals surface area (Å²) >= 11 is 0. The van der Waals surface area contributed by atoms with Crippen molar-refractivity contribution in [2.24, 2.45) is 0 Å². The molecule has 2 amide bonds. The average molecular weight is 389 g/mol. The van der Waals surface area contributed by atoms with Crippen molar-refractivity contribution >= 4 is 34.7 Å². The monoisotopic (exact) mass is 389 g/mol. The maximum Gasteiger partial charge on any atom is 0.274 e. The first-order valence-corrected chi connectivity index (χ1v) is 9.20. The molecule has 3 N–H and O–H groups in total. The van der Waals surface area contributed by atoms with Gasteiger partial charge in [0.1, 0.15) is 17.3 Å². The predicted octanol–water partition coefficient (Wildman–Crippen LogP) is 4.36. The molecule has 2 aromatic carbocycles. The largest absolute Gasteiger partial charge is 0.340 e. The third-order valence-corrected chi connectivity index (χ3v) is 4.40. The van der Waals surface area contributed by atoms with Crippen LogP contribution in [0.25, 0.3) is 0 Å². The summed E-state index contributed by atoms with van der Waals surface area (Å²) in [5, 5.41) is 8.76. The summed E-state index contributed by atoms with van der Waals surface area (Å²) in [5.41, 5.74) is 4.74. The van der Waals surface area contributed by atoms with Crippen LogP contribution < -0.4 is 16.0 Å². The lowest BCUT2D eigenvalue weighted by Gasteiger charge is -2.12. The number of carbonyl (C=O) groups excluding carboxylic acids is 2. The average Bonchev–Trinajstić information content (AvgIpc) is 2.66. The normalized spacial score (nSPS) is 10.3. The standard InChI is InChI=1S/C22H23N5O2/c1-13-6-5-7-19(14(13)2)27-21-12-20(23-15(3)24-21)22(29)26-18-10-8-17(9-11-18)25-16(4)28/h5-12H,1-4H3,(H,25,28)(H,26,29)(H,23,24,27). The van der Waals surface area contributed by atoms with Gasteiger partial charge in [-0.1, -0.05) is 12.1 Å². The van der Waals surface area contributed by atoms with E-state index < -0.39 is 0 Å². The Hall–Kier alpha value is -3.74. The van der Waals surface area contributed by atoms with E-state index in [-0.39, 0.29) is 17.5 Å². The number of carbonyl (C=O) groups is 2. The minimum atomic E-state index is -0.341. The highest BCUT2D eigenvalue weighted by Gasteiger charge is 2.12. The summed E-state index contributed by atoms with van der Waals surface area (Å²) in [7, 11) is 0. The Morgan fingerprint density at radius 1 is 0.862 bits per heavy atom. The molecule has 0 saturated carbocycles. The van der Waals surface area contributed by atoms with Crippen LogP contribution in [0.15, 0.2) is 48.5 Å².